The van der Waals surface area contributed by atoms with Crippen molar-refractivity contribution in [2.24, 2.45) is 0 Å². The van der Waals surface area contributed by atoms with Crippen LogP contribution in [0.4, 0.5) is 4.39 Å². The van der Waals surface area contributed by atoms with E-state index in [2.05, 4.69) is 15.9 Å². The standard InChI is InChI=1S/C22H18BrFO3/c23-19-9-6-16(12-20(19)24)22(25)10-11-26-21-13-17(7-8-18(21)22)27-14-15-4-2-1-3-5-15/h1-9,12-13,25H,10-11,14H2. The Labute approximate surface area is 165 Å². The molecule has 0 saturated carbocycles. The van der Waals surface area contributed by atoms with Crippen molar-refractivity contribution in [3.8, 4) is 11.5 Å². The lowest BCUT2D eigenvalue weighted by Crippen LogP contribution is -2.34. The average molecular weight is 429 g/mol. The molecular weight excluding hydrogens is 411 g/mol. The zero-order chi connectivity index (χ0) is 18.9. The molecule has 3 aromatic carbocycles. The van der Waals surface area contributed by atoms with Gasteiger partial charge < -0.3 is 14.6 Å². The van der Waals surface area contributed by atoms with Crippen LogP contribution in [0.2, 0.25) is 0 Å². The lowest BCUT2D eigenvalue weighted by Gasteiger charge is -2.35. The van der Waals surface area contributed by atoms with Gasteiger partial charge in [-0.2, -0.15) is 0 Å². The zero-order valence-electron chi connectivity index (χ0n) is 14.5. The van der Waals surface area contributed by atoms with Crippen LogP contribution in [-0.2, 0) is 12.2 Å². The highest BCUT2D eigenvalue weighted by Crippen LogP contribution is 2.43. The molecule has 4 rings (SSSR count). The van der Waals surface area contributed by atoms with E-state index < -0.39 is 11.4 Å². The van der Waals surface area contributed by atoms with Crippen LogP contribution >= 0.6 is 15.9 Å². The maximum atomic E-state index is 14.0. The van der Waals surface area contributed by atoms with Crippen molar-refractivity contribution in [2.45, 2.75) is 18.6 Å². The van der Waals surface area contributed by atoms with Gasteiger partial charge in [0.1, 0.15) is 29.5 Å². The molecule has 138 valence electrons. The van der Waals surface area contributed by atoms with Gasteiger partial charge in [0.15, 0.2) is 0 Å². The molecule has 1 heterocycles. The molecule has 1 atom stereocenters. The van der Waals surface area contributed by atoms with Gasteiger partial charge in [0.2, 0.25) is 0 Å². The highest BCUT2D eigenvalue weighted by molar-refractivity contribution is 9.10. The molecule has 0 radical (unpaired) electrons. The molecule has 0 amide bonds. The van der Waals surface area contributed by atoms with Gasteiger partial charge in [-0.25, -0.2) is 4.39 Å². The van der Waals surface area contributed by atoms with Gasteiger partial charge in [0, 0.05) is 18.1 Å². The van der Waals surface area contributed by atoms with E-state index in [9.17, 15) is 9.50 Å². The van der Waals surface area contributed by atoms with Crippen LogP contribution in [0.3, 0.4) is 0 Å². The summed E-state index contributed by atoms with van der Waals surface area (Å²) < 4.78 is 25.9. The van der Waals surface area contributed by atoms with E-state index >= 15 is 0 Å². The first-order valence-electron chi connectivity index (χ1n) is 8.68. The molecular formula is C22H18BrFO3. The molecule has 0 saturated heterocycles. The van der Waals surface area contributed by atoms with Gasteiger partial charge in [-0.15, -0.1) is 0 Å². The second-order valence-corrected chi connectivity index (χ2v) is 7.37. The Morgan fingerprint density at radius 2 is 1.89 bits per heavy atom. The number of ether oxygens (including phenoxy) is 2. The number of rotatable bonds is 4. The number of fused-ring (bicyclic) bond motifs is 1. The van der Waals surface area contributed by atoms with E-state index in [1.54, 1.807) is 30.3 Å². The van der Waals surface area contributed by atoms with E-state index in [1.807, 2.05) is 30.3 Å². The number of hydrogen-bond acceptors (Lipinski definition) is 3. The second-order valence-electron chi connectivity index (χ2n) is 6.52. The zero-order valence-corrected chi connectivity index (χ0v) is 16.1. The Bertz CT molecular complexity index is 961. The second kappa shape index (κ2) is 7.33. The van der Waals surface area contributed by atoms with Crippen molar-refractivity contribution in [3.05, 3.63) is 93.7 Å². The summed E-state index contributed by atoms with van der Waals surface area (Å²) in [5.74, 6) is 0.804. The summed E-state index contributed by atoms with van der Waals surface area (Å²) >= 11 is 3.15. The summed E-state index contributed by atoms with van der Waals surface area (Å²) in [4.78, 5) is 0. The lowest BCUT2D eigenvalue weighted by molar-refractivity contribution is 0.0344. The molecule has 0 aliphatic carbocycles. The number of aliphatic hydroxyl groups is 1. The van der Waals surface area contributed by atoms with Crippen LogP contribution in [0, 0.1) is 5.82 Å². The number of halogens is 2. The van der Waals surface area contributed by atoms with E-state index in [0.717, 1.165) is 5.56 Å². The Morgan fingerprint density at radius 3 is 2.67 bits per heavy atom. The minimum Gasteiger partial charge on any atom is -0.493 e. The summed E-state index contributed by atoms with van der Waals surface area (Å²) in [6.07, 6.45) is 0.352. The van der Waals surface area contributed by atoms with Crippen LogP contribution in [0.1, 0.15) is 23.1 Å². The molecule has 1 N–H and O–H groups in total. The van der Waals surface area contributed by atoms with Crippen molar-refractivity contribution in [2.75, 3.05) is 6.61 Å². The first-order chi connectivity index (χ1) is 13.1. The topological polar surface area (TPSA) is 38.7 Å². The third-order valence-corrected chi connectivity index (χ3v) is 5.41. The third kappa shape index (κ3) is 3.57. The maximum absolute atomic E-state index is 14.0. The molecule has 0 bridgehead atoms. The highest BCUT2D eigenvalue weighted by Gasteiger charge is 2.38. The fourth-order valence-corrected chi connectivity index (χ4v) is 3.54. The van der Waals surface area contributed by atoms with Crippen LogP contribution < -0.4 is 9.47 Å². The number of benzene rings is 3. The van der Waals surface area contributed by atoms with Gasteiger partial charge >= 0.3 is 0 Å². The van der Waals surface area contributed by atoms with Crippen molar-refractivity contribution < 1.29 is 19.0 Å². The minimum atomic E-state index is -1.30. The molecule has 0 spiro atoms. The maximum Gasteiger partial charge on any atom is 0.137 e. The molecule has 1 aliphatic rings. The average Bonchev–Trinajstić information content (AvgIpc) is 2.69. The Balaban J connectivity index is 1.62. The Hall–Kier alpha value is -2.37. The molecule has 0 aromatic heterocycles. The Kier molecular flexibility index (Phi) is 4.89. The number of hydrogen-bond donors (Lipinski definition) is 1. The van der Waals surface area contributed by atoms with Gasteiger partial charge in [0.05, 0.1) is 11.1 Å². The molecule has 1 aliphatic heterocycles. The fraction of sp³-hybridized carbons (Fsp3) is 0.182. The third-order valence-electron chi connectivity index (χ3n) is 4.77. The van der Waals surface area contributed by atoms with E-state index in [0.29, 0.717) is 46.7 Å². The van der Waals surface area contributed by atoms with Crippen LogP contribution in [-0.4, -0.2) is 11.7 Å². The first-order valence-corrected chi connectivity index (χ1v) is 9.47. The van der Waals surface area contributed by atoms with Gasteiger partial charge in [-0.3, -0.25) is 0 Å². The monoisotopic (exact) mass is 428 g/mol. The van der Waals surface area contributed by atoms with Gasteiger partial charge in [0.25, 0.3) is 0 Å². The summed E-state index contributed by atoms with van der Waals surface area (Å²) in [7, 11) is 0. The molecule has 3 aromatic rings. The van der Waals surface area contributed by atoms with Crippen molar-refractivity contribution in [1.82, 2.24) is 0 Å². The molecule has 3 nitrogen and oxygen atoms in total. The summed E-state index contributed by atoms with van der Waals surface area (Å²) in [6.45, 7) is 0.783. The highest BCUT2D eigenvalue weighted by atomic mass is 79.9. The van der Waals surface area contributed by atoms with E-state index in [1.165, 1.54) is 6.07 Å². The quantitative estimate of drug-likeness (QED) is 0.621. The lowest BCUT2D eigenvalue weighted by atomic mass is 9.82. The van der Waals surface area contributed by atoms with Crippen LogP contribution in [0.5, 0.6) is 11.5 Å². The normalized spacial score (nSPS) is 18.5. The van der Waals surface area contributed by atoms with E-state index in [4.69, 9.17) is 9.47 Å². The largest absolute Gasteiger partial charge is 0.493 e. The van der Waals surface area contributed by atoms with Crippen molar-refractivity contribution in [3.63, 3.8) is 0 Å². The fourth-order valence-electron chi connectivity index (χ4n) is 3.29. The smallest absolute Gasteiger partial charge is 0.137 e. The van der Waals surface area contributed by atoms with Crippen molar-refractivity contribution in [1.29, 1.82) is 0 Å². The van der Waals surface area contributed by atoms with Crippen molar-refractivity contribution >= 4 is 15.9 Å². The van der Waals surface area contributed by atoms with Crippen LogP contribution in [0.15, 0.2) is 71.2 Å². The SMILES string of the molecule is OC1(c2ccc(Br)c(F)c2)CCOc2cc(OCc3ccccc3)ccc21. The molecule has 0 fully saturated rings. The van der Waals surface area contributed by atoms with Gasteiger partial charge in [-0.1, -0.05) is 36.4 Å². The van der Waals surface area contributed by atoms with E-state index in [-0.39, 0.29) is 0 Å². The first kappa shape index (κ1) is 18.0. The molecule has 5 heteroatoms. The predicted octanol–water partition coefficient (Wildman–Crippen LogP) is 5.19. The summed E-state index contributed by atoms with van der Waals surface area (Å²) in [6, 6.07) is 19.9. The van der Waals surface area contributed by atoms with Crippen LogP contribution in [0.25, 0.3) is 0 Å². The minimum absolute atomic E-state index is 0.337. The van der Waals surface area contributed by atoms with Gasteiger partial charge in [-0.05, 0) is 51.3 Å². The predicted molar refractivity (Wildman–Crippen MR) is 104 cm³/mol. The Morgan fingerprint density at radius 1 is 1.07 bits per heavy atom. The molecule has 1 unspecified atom stereocenters. The molecule has 27 heavy (non-hydrogen) atoms. The summed E-state index contributed by atoms with van der Waals surface area (Å²) in [5.41, 5.74) is 0.888. The summed E-state index contributed by atoms with van der Waals surface area (Å²) in [5, 5.41) is 11.3.